The second kappa shape index (κ2) is 6.08. The molecule has 0 spiro atoms. The van der Waals surface area contributed by atoms with E-state index in [9.17, 15) is 9.50 Å². The van der Waals surface area contributed by atoms with Crippen molar-refractivity contribution >= 4 is 18.0 Å². The molecule has 0 aliphatic heterocycles. The number of aromatic hydroxyl groups is 1. The van der Waals surface area contributed by atoms with Crippen molar-refractivity contribution in [3.05, 3.63) is 47.6 Å². The molecule has 1 aromatic carbocycles. The van der Waals surface area contributed by atoms with E-state index in [4.69, 9.17) is 0 Å². The van der Waals surface area contributed by atoms with Crippen molar-refractivity contribution in [2.45, 2.75) is 6.92 Å². The molecule has 108 valence electrons. The van der Waals surface area contributed by atoms with Crippen molar-refractivity contribution in [1.82, 2.24) is 20.2 Å². The van der Waals surface area contributed by atoms with Gasteiger partial charge in [0, 0.05) is 11.6 Å². The summed E-state index contributed by atoms with van der Waals surface area (Å²) >= 11 is 0. The molecular formula is C14H14FN5O. The van der Waals surface area contributed by atoms with Crippen molar-refractivity contribution in [1.29, 1.82) is 0 Å². The average molecular weight is 287 g/mol. The molecule has 6 nitrogen and oxygen atoms in total. The van der Waals surface area contributed by atoms with Crippen LogP contribution in [0.2, 0.25) is 0 Å². The minimum absolute atomic E-state index is 0.114. The van der Waals surface area contributed by atoms with Gasteiger partial charge in [0.2, 0.25) is 5.82 Å². The SMILES string of the molecule is C=N/C(=C\C=C(/C)c1ccc(O)cc1F)c1nnn(C)n1. The van der Waals surface area contributed by atoms with E-state index in [1.54, 1.807) is 26.1 Å². The number of aromatic nitrogens is 4. The molecule has 0 atom stereocenters. The number of rotatable bonds is 4. The van der Waals surface area contributed by atoms with Gasteiger partial charge in [-0.3, -0.25) is 4.99 Å². The van der Waals surface area contributed by atoms with Gasteiger partial charge in [0.1, 0.15) is 17.3 Å². The summed E-state index contributed by atoms with van der Waals surface area (Å²) in [5.41, 5.74) is 1.48. The zero-order valence-electron chi connectivity index (χ0n) is 11.7. The van der Waals surface area contributed by atoms with E-state index in [0.29, 0.717) is 22.7 Å². The maximum Gasteiger partial charge on any atom is 0.223 e. The van der Waals surface area contributed by atoms with Crippen LogP contribution in [0.15, 0.2) is 35.3 Å². The molecule has 1 aromatic heterocycles. The maximum absolute atomic E-state index is 13.7. The van der Waals surface area contributed by atoms with E-state index in [0.717, 1.165) is 6.07 Å². The Morgan fingerprint density at radius 2 is 2.19 bits per heavy atom. The highest BCUT2D eigenvalue weighted by Crippen LogP contribution is 2.22. The van der Waals surface area contributed by atoms with Crippen LogP contribution in [0, 0.1) is 5.82 Å². The van der Waals surface area contributed by atoms with Gasteiger partial charge in [-0.2, -0.15) is 4.80 Å². The van der Waals surface area contributed by atoms with Gasteiger partial charge < -0.3 is 5.11 Å². The molecular weight excluding hydrogens is 273 g/mol. The number of aryl methyl sites for hydroxylation is 1. The molecule has 1 N–H and O–H groups in total. The summed E-state index contributed by atoms with van der Waals surface area (Å²) in [5, 5.41) is 20.8. The predicted octanol–water partition coefficient (Wildman–Crippen LogP) is 2.20. The average Bonchev–Trinajstić information content (AvgIpc) is 2.86. The van der Waals surface area contributed by atoms with E-state index in [1.807, 2.05) is 0 Å². The lowest BCUT2D eigenvalue weighted by molar-refractivity contribution is 0.469. The Balaban J connectivity index is 2.33. The molecule has 0 unspecified atom stereocenters. The largest absolute Gasteiger partial charge is 0.508 e. The minimum atomic E-state index is -0.497. The molecule has 0 aliphatic rings. The first kappa shape index (κ1) is 14.6. The first-order valence-corrected chi connectivity index (χ1v) is 6.10. The molecule has 0 fully saturated rings. The van der Waals surface area contributed by atoms with Crippen molar-refractivity contribution < 1.29 is 9.50 Å². The Labute approximate surface area is 121 Å². The van der Waals surface area contributed by atoms with Gasteiger partial charge >= 0.3 is 0 Å². The summed E-state index contributed by atoms with van der Waals surface area (Å²) in [7, 11) is 1.64. The number of tetrazole rings is 1. The lowest BCUT2D eigenvalue weighted by atomic mass is 10.1. The van der Waals surface area contributed by atoms with Crippen molar-refractivity contribution in [3.63, 3.8) is 0 Å². The molecule has 0 amide bonds. The summed E-state index contributed by atoms with van der Waals surface area (Å²) in [6.07, 6.45) is 3.31. The Morgan fingerprint density at radius 1 is 1.43 bits per heavy atom. The fourth-order valence-corrected chi connectivity index (χ4v) is 1.70. The number of aliphatic imine (C=N–C) groups is 1. The van der Waals surface area contributed by atoms with Crippen LogP contribution in [-0.2, 0) is 7.05 Å². The van der Waals surface area contributed by atoms with E-state index in [-0.39, 0.29) is 5.75 Å². The zero-order chi connectivity index (χ0) is 15.4. The molecule has 7 heteroatoms. The van der Waals surface area contributed by atoms with E-state index in [1.165, 1.54) is 16.9 Å². The van der Waals surface area contributed by atoms with Gasteiger partial charge in [0.15, 0.2) is 0 Å². The van der Waals surface area contributed by atoms with E-state index < -0.39 is 5.82 Å². The summed E-state index contributed by atoms with van der Waals surface area (Å²) < 4.78 is 13.7. The molecule has 2 rings (SSSR count). The number of nitrogens with zero attached hydrogens (tertiary/aromatic N) is 5. The summed E-state index contributed by atoms with van der Waals surface area (Å²) in [6, 6.07) is 4.00. The molecule has 0 saturated heterocycles. The third kappa shape index (κ3) is 3.38. The second-order valence-corrected chi connectivity index (χ2v) is 4.33. The molecule has 0 aliphatic carbocycles. The van der Waals surface area contributed by atoms with Crippen LogP contribution in [-0.4, -0.2) is 32.0 Å². The highest BCUT2D eigenvalue weighted by atomic mass is 19.1. The fourth-order valence-electron chi connectivity index (χ4n) is 1.70. The highest BCUT2D eigenvalue weighted by molar-refractivity contribution is 5.71. The maximum atomic E-state index is 13.7. The fraction of sp³-hybridized carbons (Fsp3) is 0.143. The first-order valence-electron chi connectivity index (χ1n) is 6.10. The molecule has 1 heterocycles. The lowest BCUT2D eigenvalue weighted by Gasteiger charge is -2.03. The molecule has 2 aromatic rings. The molecule has 0 saturated carbocycles. The van der Waals surface area contributed by atoms with Gasteiger partial charge in [-0.25, -0.2) is 4.39 Å². The van der Waals surface area contributed by atoms with Crippen LogP contribution < -0.4 is 0 Å². The van der Waals surface area contributed by atoms with Gasteiger partial charge in [-0.05, 0) is 42.6 Å². The van der Waals surface area contributed by atoms with Gasteiger partial charge in [-0.15, -0.1) is 10.2 Å². The van der Waals surface area contributed by atoms with E-state index >= 15 is 0 Å². The van der Waals surface area contributed by atoms with Crippen LogP contribution in [0.1, 0.15) is 18.3 Å². The number of phenols is 1. The topological polar surface area (TPSA) is 76.2 Å². The first-order chi connectivity index (χ1) is 10.0. The lowest BCUT2D eigenvalue weighted by Crippen LogP contribution is -1.92. The Hall–Kier alpha value is -2.83. The van der Waals surface area contributed by atoms with Crippen molar-refractivity contribution in [2.75, 3.05) is 0 Å². The Kier molecular flexibility index (Phi) is 4.22. The predicted molar refractivity (Wildman–Crippen MR) is 78.0 cm³/mol. The second-order valence-electron chi connectivity index (χ2n) is 4.33. The van der Waals surface area contributed by atoms with Crippen LogP contribution in [0.25, 0.3) is 11.3 Å². The van der Waals surface area contributed by atoms with Crippen molar-refractivity contribution in [3.8, 4) is 5.75 Å². The molecule has 0 bridgehead atoms. The van der Waals surface area contributed by atoms with Crippen LogP contribution in [0.3, 0.4) is 0 Å². The summed E-state index contributed by atoms with van der Waals surface area (Å²) in [5.74, 6) is -0.276. The summed E-state index contributed by atoms with van der Waals surface area (Å²) in [4.78, 5) is 5.14. The molecule has 21 heavy (non-hydrogen) atoms. The number of hydrogen-bond donors (Lipinski definition) is 1. The van der Waals surface area contributed by atoms with Gasteiger partial charge in [0.05, 0.1) is 7.05 Å². The van der Waals surface area contributed by atoms with Crippen LogP contribution in [0.4, 0.5) is 4.39 Å². The third-order valence-electron chi connectivity index (χ3n) is 2.78. The number of phenolic OH excluding ortho intramolecular Hbond substituents is 1. The van der Waals surface area contributed by atoms with Crippen LogP contribution >= 0.6 is 0 Å². The third-order valence-corrected chi connectivity index (χ3v) is 2.78. The zero-order valence-corrected chi connectivity index (χ0v) is 11.7. The monoisotopic (exact) mass is 287 g/mol. The normalized spacial score (nSPS) is 12.5. The van der Waals surface area contributed by atoms with Crippen molar-refractivity contribution in [2.24, 2.45) is 12.0 Å². The minimum Gasteiger partial charge on any atom is -0.508 e. The highest BCUT2D eigenvalue weighted by Gasteiger charge is 2.07. The standard InChI is InChI=1S/C14H14FN5O/c1-9(11-6-5-10(21)8-12(11)15)4-7-13(16-2)14-17-19-20(3)18-14/h4-8,21H,2H2,1,3H3/b9-4+,13-7-. The van der Waals surface area contributed by atoms with Gasteiger partial charge in [0.25, 0.3) is 0 Å². The Morgan fingerprint density at radius 3 is 2.76 bits per heavy atom. The number of benzene rings is 1. The summed E-state index contributed by atoms with van der Waals surface area (Å²) in [6.45, 7) is 5.20. The number of allylic oxidation sites excluding steroid dienone is 3. The van der Waals surface area contributed by atoms with E-state index in [2.05, 4.69) is 27.1 Å². The number of halogens is 1. The Bertz CT molecular complexity index is 733. The molecule has 0 radical (unpaired) electrons. The van der Waals surface area contributed by atoms with Gasteiger partial charge in [-0.1, -0.05) is 6.08 Å². The number of hydrogen-bond acceptors (Lipinski definition) is 5. The van der Waals surface area contributed by atoms with Crippen LogP contribution in [0.5, 0.6) is 5.75 Å². The smallest absolute Gasteiger partial charge is 0.223 e. The quantitative estimate of drug-likeness (QED) is 0.691.